The van der Waals surface area contributed by atoms with E-state index in [-0.39, 0.29) is 0 Å². The molecule has 1 heterocycles. The van der Waals surface area contributed by atoms with Crippen LogP contribution in [0.5, 0.6) is 0 Å². The van der Waals surface area contributed by atoms with Crippen LogP contribution in [0.15, 0.2) is 30.7 Å². The van der Waals surface area contributed by atoms with E-state index in [1.165, 1.54) is 4.57 Å². The number of ether oxygens (including phenoxy) is 1. The van der Waals surface area contributed by atoms with Gasteiger partial charge >= 0.3 is 6.09 Å². The SMILES string of the molecule is C=C(C)OC(=O)n1cccc1CC. The molecule has 3 nitrogen and oxygen atoms in total. The van der Waals surface area contributed by atoms with Crippen LogP contribution in [-0.2, 0) is 11.2 Å². The summed E-state index contributed by atoms with van der Waals surface area (Å²) in [6.07, 6.45) is 2.09. The molecule has 0 aliphatic rings. The molecule has 1 rings (SSSR count). The minimum Gasteiger partial charge on any atom is -0.415 e. The van der Waals surface area contributed by atoms with Gasteiger partial charge in [0.1, 0.15) is 0 Å². The summed E-state index contributed by atoms with van der Waals surface area (Å²) in [5, 5.41) is 0. The Morgan fingerprint density at radius 1 is 1.69 bits per heavy atom. The second-order valence-electron chi connectivity index (χ2n) is 2.79. The quantitative estimate of drug-likeness (QED) is 0.653. The molecule has 0 fully saturated rings. The molecule has 0 N–H and O–H groups in total. The molecule has 3 heteroatoms. The molecule has 13 heavy (non-hydrogen) atoms. The molecule has 0 aliphatic heterocycles. The van der Waals surface area contributed by atoms with Gasteiger partial charge in [0, 0.05) is 11.9 Å². The van der Waals surface area contributed by atoms with Crippen molar-refractivity contribution in [1.29, 1.82) is 0 Å². The summed E-state index contributed by atoms with van der Waals surface area (Å²) in [6, 6.07) is 3.71. The minimum atomic E-state index is -0.394. The highest BCUT2D eigenvalue weighted by Crippen LogP contribution is 2.05. The summed E-state index contributed by atoms with van der Waals surface area (Å²) in [5.41, 5.74) is 0.936. The fraction of sp³-hybridized carbons (Fsp3) is 0.300. The van der Waals surface area contributed by atoms with Gasteiger partial charge in [-0.2, -0.15) is 0 Å². The van der Waals surface area contributed by atoms with Crippen LogP contribution < -0.4 is 0 Å². The Balaban J connectivity index is 2.82. The van der Waals surface area contributed by atoms with Crippen molar-refractivity contribution in [2.24, 2.45) is 0 Å². The highest BCUT2D eigenvalue weighted by molar-refractivity contribution is 5.72. The van der Waals surface area contributed by atoms with E-state index in [2.05, 4.69) is 6.58 Å². The molecule has 0 bridgehead atoms. The summed E-state index contributed by atoms with van der Waals surface area (Å²) in [4.78, 5) is 11.4. The van der Waals surface area contributed by atoms with E-state index in [4.69, 9.17) is 4.74 Å². The van der Waals surface area contributed by atoms with Crippen molar-refractivity contribution in [2.45, 2.75) is 20.3 Å². The number of carbonyl (C=O) groups is 1. The fourth-order valence-electron chi connectivity index (χ4n) is 1.08. The highest BCUT2D eigenvalue weighted by atomic mass is 16.6. The zero-order valence-electron chi connectivity index (χ0n) is 7.91. The Morgan fingerprint density at radius 3 is 2.92 bits per heavy atom. The monoisotopic (exact) mass is 179 g/mol. The number of aryl methyl sites for hydroxylation is 1. The topological polar surface area (TPSA) is 31.2 Å². The van der Waals surface area contributed by atoms with Gasteiger partial charge in [-0.05, 0) is 25.5 Å². The number of nitrogens with zero attached hydrogens (tertiary/aromatic N) is 1. The standard InChI is InChI=1S/C10H13NO2/c1-4-9-6-5-7-11(9)10(12)13-8(2)3/h5-7H,2,4H2,1,3H3. The van der Waals surface area contributed by atoms with Gasteiger partial charge in [0.2, 0.25) is 0 Å². The van der Waals surface area contributed by atoms with E-state index in [1.54, 1.807) is 13.1 Å². The molecule has 70 valence electrons. The second kappa shape index (κ2) is 3.94. The Hall–Kier alpha value is -1.51. The molecule has 0 spiro atoms. The van der Waals surface area contributed by atoms with Gasteiger partial charge in [-0.1, -0.05) is 13.5 Å². The average Bonchev–Trinajstić information content (AvgIpc) is 2.49. The molecule has 0 amide bonds. The third kappa shape index (κ3) is 2.21. The van der Waals surface area contributed by atoms with E-state index < -0.39 is 6.09 Å². The normalized spacial score (nSPS) is 9.69. The lowest BCUT2D eigenvalue weighted by Crippen LogP contribution is -2.13. The zero-order valence-corrected chi connectivity index (χ0v) is 7.91. The molecule has 0 atom stereocenters. The molecule has 0 radical (unpaired) electrons. The number of aromatic nitrogens is 1. The van der Waals surface area contributed by atoms with E-state index in [0.717, 1.165) is 12.1 Å². The van der Waals surface area contributed by atoms with Gasteiger partial charge in [-0.15, -0.1) is 0 Å². The van der Waals surface area contributed by atoms with Crippen LogP contribution in [0.25, 0.3) is 0 Å². The van der Waals surface area contributed by atoms with Crippen molar-refractivity contribution in [1.82, 2.24) is 4.57 Å². The summed E-state index contributed by atoms with van der Waals surface area (Å²) < 4.78 is 6.35. The molecule has 0 saturated carbocycles. The fourth-order valence-corrected chi connectivity index (χ4v) is 1.08. The Labute approximate surface area is 77.6 Å². The van der Waals surface area contributed by atoms with Crippen molar-refractivity contribution < 1.29 is 9.53 Å². The zero-order chi connectivity index (χ0) is 9.84. The van der Waals surface area contributed by atoms with Gasteiger partial charge in [0.05, 0.1) is 5.76 Å². The smallest absolute Gasteiger partial charge is 0.415 e. The van der Waals surface area contributed by atoms with Crippen molar-refractivity contribution >= 4 is 6.09 Å². The van der Waals surface area contributed by atoms with Crippen LogP contribution >= 0.6 is 0 Å². The van der Waals surface area contributed by atoms with E-state index in [1.807, 2.05) is 19.1 Å². The maximum absolute atomic E-state index is 11.4. The lowest BCUT2D eigenvalue weighted by molar-refractivity contribution is 0.178. The first kappa shape index (κ1) is 9.58. The maximum Gasteiger partial charge on any atom is 0.423 e. The largest absolute Gasteiger partial charge is 0.423 e. The molecule has 0 aromatic carbocycles. The number of hydrogen-bond donors (Lipinski definition) is 0. The van der Waals surface area contributed by atoms with Crippen molar-refractivity contribution in [2.75, 3.05) is 0 Å². The van der Waals surface area contributed by atoms with Crippen LogP contribution in [0.2, 0.25) is 0 Å². The minimum absolute atomic E-state index is 0.394. The number of rotatable bonds is 2. The Morgan fingerprint density at radius 2 is 2.38 bits per heavy atom. The average molecular weight is 179 g/mol. The summed E-state index contributed by atoms with van der Waals surface area (Å²) >= 11 is 0. The third-order valence-electron chi connectivity index (χ3n) is 1.65. The first-order valence-electron chi connectivity index (χ1n) is 4.19. The number of carbonyl (C=O) groups excluding carboxylic acids is 1. The third-order valence-corrected chi connectivity index (χ3v) is 1.65. The Bertz CT molecular complexity index is 325. The number of allylic oxidation sites excluding steroid dienone is 1. The van der Waals surface area contributed by atoms with Gasteiger partial charge in [0.25, 0.3) is 0 Å². The van der Waals surface area contributed by atoms with E-state index in [9.17, 15) is 4.79 Å². The lowest BCUT2D eigenvalue weighted by atomic mass is 10.3. The summed E-state index contributed by atoms with van der Waals surface area (Å²) in [6.45, 7) is 7.14. The molecule has 0 saturated heterocycles. The lowest BCUT2D eigenvalue weighted by Gasteiger charge is -2.06. The predicted molar refractivity (Wildman–Crippen MR) is 50.5 cm³/mol. The van der Waals surface area contributed by atoms with Gasteiger partial charge in [-0.25, -0.2) is 4.79 Å². The van der Waals surface area contributed by atoms with Gasteiger partial charge in [-0.3, -0.25) is 4.57 Å². The van der Waals surface area contributed by atoms with Crippen molar-refractivity contribution in [3.63, 3.8) is 0 Å². The van der Waals surface area contributed by atoms with Crippen LogP contribution in [0.3, 0.4) is 0 Å². The number of hydrogen-bond acceptors (Lipinski definition) is 2. The van der Waals surface area contributed by atoms with E-state index >= 15 is 0 Å². The van der Waals surface area contributed by atoms with Gasteiger partial charge in [0.15, 0.2) is 0 Å². The van der Waals surface area contributed by atoms with E-state index in [0.29, 0.717) is 5.76 Å². The summed E-state index contributed by atoms with van der Waals surface area (Å²) in [7, 11) is 0. The molecule has 1 aromatic rings. The summed E-state index contributed by atoms with van der Waals surface area (Å²) in [5.74, 6) is 0.403. The van der Waals surface area contributed by atoms with Crippen molar-refractivity contribution in [3.8, 4) is 0 Å². The highest BCUT2D eigenvalue weighted by Gasteiger charge is 2.08. The predicted octanol–water partition coefficient (Wildman–Crippen LogP) is 2.57. The molecule has 0 unspecified atom stereocenters. The van der Waals surface area contributed by atoms with Crippen LogP contribution in [0.1, 0.15) is 19.5 Å². The van der Waals surface area contributed by atoms with Crippen LogP contribution in [0.4, 0.5) is 4.79 Å². The maximum atomic E-state index is 11.4. The Kier molecular flexibility index (Phi) is 2.90. The molecular formula is C10H13NO2. The van der Waals surface area contributed by atoms with Crippen molar-refractivity contribution in [3.05, 3.63) is 36.4 Å². The first-order valence-corrected chi connectivity index (χ1v) is 4.19. The van der Waals surface area contributed by atoms with Gasteiger partial charge < -0.3 is 4.74 Å². The molecule has 1 aromatic heterocycles. The van der Waals surface area contributed by atoms with Crippen LogP contribution in [-0.4, -0.2) is 10.7 Å². The first-order chi connectivity index (χ1) is 6.15. The molecule has 0 aliphatic carbocycles. The second-order valence-corrected chi connectivity index (χ2v) is 2.79. The van der Waals surface area contributed by atoms with Crippen LogP contribution in [0, 0.1) is 0 Å². The molecular weight excluding hydrogens is 166 g/mol.